The van der Waals surface area contributed by atoms with Gasteiger partial charge in [0.15, 0.2) is 0 Å². The predicted molar refractivity (Wildman–Crippen MR) is 65.1 cm³/mol. The summed E-state index contributed by atoms with van der Waals surface area (Å²) in [6.07, 6.45) is 2.48. The standard InChI is InChI=1S/C11H17FN2O.ClH/c12-8-4-5-11(15)9(7-8)10(14)3-1-2-6-13;/h4-5,7,10,15H,1-3,6,13-14H2;1H/t10-;/m1./s1. The molecule has 1 aromatic rings. The molecular weight excluding hydrogens is 231 g/mol. The highest BCUT2D eigenvalue weighted by Crippen LogP contribution is 2.26. The molecule has 0 amide bonds. The number of rotatable bonds is 5. The van der Waals surface area contributed by atoms with Crippen molar-refractivity contribution in [2.75, 3.05) is 6.54 Å². The van der Waals surface area contributed by atoms with Crippen LogP contribution < -0.4 is 11.5 Å². The summed E-state index contributed by atoms with van der Waals surface area (Å²) in [5.41, 5.74) is 11.7. The molecule has 0 saturated carbocycles. The summed E-state index contributed by atoms with van der Waals surface area (Å²) >= 11 is 0. The van der Waals surface area contributed by atoms with Crippen molar-refractivity contribution in [3.8, 4) is 5.75 Å². The van der Waals surface area contributed by atoms with Crippen LogP contribution in [-0.4, -0.2) is 11.7 Å². The molecule has 5 heteroatoms. The molecule has 0 aliphatic heterocycles. The molecule has 92 valence electrons. The summed E-state index contributed by atoms with van der Waals surface area (Å²) in [4.78, 5) is 0. The molecule has 0 saturated heterocycles. The van der Waals surface area contributed by atoms with E-state index in [0.29, 0.717) is 18.5 Å². The molecule has 1 atom stereocenters. The number of halogens is 2. The van der Waals surface area contributed by atoms with Gasteiger partial charge in [0.05, 0.1) is 0 Å². The van der Waals surface area contributed by atoms with Gasteiger partial charge in [-0.3, -0.25) is 0 Å². The van der Waals surface area contributed by atoms with Crippen LogP contribution in [0.2, 0.25) is 0 Å². The summed E-state index contributed by atoms with van der Waals surface area (Å²) < 4.78 is 12.9. The monoisotopic (exact) mass is 248 g/mol. The van der Waals surface area contributed by atoms with E-state index in [-0.39, 0.29) is 30.0 Å². The highest BCUT2D eigenvalue weighted by atomic mass is 35.5. The van der Waals surface area contributed by atoms with Crippen molar-refractivity contribution >= 4 is 12.4 Å². The smallest absolute Gasteiger partial charge is 0.123 e. The molecule has 0 fully saturated rings. The van der Waals surface area contributed by atoms with E-state index in [1.807, 2.05) is 0 Å². The van der Waals surface area contributed by atoms with Gasteiger partial charge in [-0.15, -0.1) is 12.4 Å². The second-order valence-electron chi connectivity index (χ2n) is 3.59. The maximum absolute atomic E-state index is 12.9. The minimum absolute atomic E-state index is 0. The first kappa shape index (κ1) is 15.2. The van der Waals surface area contributed by atoms with Crippen molar-refractivity contribution in [2.45, 2.75) is 25.3 Å². The first-order valence-corrected chi connectivity index (χ1v) is 5.09. The lowest BCUT2D eigenvalue weighted by atomic mass is 10.0. The summed E-state index contributed by atoms with van der Waals surface area (Å²) in [5.74, 6) is -0.325. The van der Waals surface area contributed by atoms with E-state index in [1.54, 1.807) is 0 Å². The molecule has 0 radical (unpaired) electrons. The Morgan fingerprint density at radius 3 is 2.62 bits per heavy atom. The number of benzene rings is 1. The molecule has 1 aromatic carbocycles. The molecule has 0 unspecified atom stereocenters. The highest BCUT2D eigenvalue weighted by Gasteiger charge is 2.11. The number of phenolic OH excluding ortho intramolecular Hbond substituents is 1. The van der Waals surface area contributed by atoms with Crippen LogP contribution in [0.15, 0.2) is 18.2 Å². The number of nitrogens with two attached hydrogens (primary N) is 2. The fourth-order valence-electron chi connectivity index (χ4n) is 1.49. The third-order valence-corrected chi connectivity index (χ3v) is 2.36. The topological polar surface area (TPSA) is 72.3 Å². The van der Waals surface area contributed by atoms with Gasteiger partial charge in [0, 0.05) is 11.6 Å². The van der Waals surface area contributed by atoms with Crippen molar-refractivity contribution in [2.24, 2.45) is 11.5 Å². The van der Waals surface area contributed by atoms with Gasteiger partial charge < -0.3 is 16.6 Å². The van der Waals surface area contributed by atoms with Gasteiger partial charge in [-0.2, -0.15) is 0 Å². The lowest BCUT2D eigenvalue weighted by Gasteiger charge is -2.13. The molecule has 0 spiro atoms. The first-order valence-electron chi connectivity index (χ1n) is 5.09. The summed E-state index contributed by atoms with van der Waals surface area (Å²) in [5, 5.41) is 9.49. The zero-order valence-corrected chi connectivity index (χ0v) is 9.84. The molecule has 0 aliphatic carbocycles. The van der Waals surface area contributed by atoms with Gasteiger partial charge in [-0.05, 0) is 37.6 Å². The minimum atomic E-state index is -0.378. The Balaban J connectivity index is 0.00000225. The third kappa shape index (κ3) is 4.35. The van der Waals surface area contributed by atoms with E-state index >= 15 is 0 Å². The van der Waals surface area contributed by atoms with Crippen molar-refractivity contribution < 1.29 is 9.50 Å². The summed E-state index contributed by atoms with van der Waals surface area (Å²) in [7, 11) is 0. The van der Waals surface area contributed by atoms with Crippen LogP contribution in [0.3, 0.4) is 0 Å². The number of unbranched alkanes of at least 4 members (excludes halogenated alkanes) is 1. The van der Waals surface area contributed by atoms with Gasteiger partial charge in [0.2, 0.25) is 0 Å². The van der Waals surface area contributed by atoms with Crippen LogP contribution in [0.5, 0.6) is 5.75 Å². The Hall–Kier alpha value is -0.840. The van der Waals surface area contributed by atoms with Crippen LogP contribution in [-0.2, 0) is 0 Å². The lowest BCUT2D eigenvalue weighted by Crippen LogP contribution is -2.11. The fraction of sp³-hybridized carbons (Fsp3) is 0.455. The minimum Gasteiger partial charge on any atom is -0.508 e. The quantitative estimate of drug-likeness (QED) is 0.699. The normalized spacial score (nSPS) is 11.9. The number of phenols is 1. The van der Waals surface area contributed by atoms with Crippen molar-refractivity contribution in [1.82, 2.24) is 0 Å². The van der Waals surface area contributed by atoms with Crippen LogP contribution in [0, 0.1) is 5.82 Å². The largest absolute Gasteiger partial charge is 0.508 e. The van der Waals surface area contributed by atoms with E-state index in [1.165, 1.54) is 18.2 Å². The molecule has 1 rings (SSSR count). The Morgan fingerprint density at radius 1 is 1.31 bits per heavy atom. The lowest BCUT2D eigenvalue weighted by molar-refractivity contribution is 0.453. The molecule has 0 aliphatic rings. The molecular formula is C11H18ClFN2O. The van der Waals surface area contributed by atoms with Crippen LogP contribution in [0.25, 0.3) is 0 Å². The third-order valence-electron chi connectivity index (χ3n) is 2.36. The van der Waals surface area contributed by atoms with E-state index in [0.717, 1.165) is 12.8 Å². The Bertz CT molecular complexity index is 323. The summed E-state index contributed by atoms with van der Waals surface area (Å²) in [6, 6.07) is 3.49. The number of hydrogen-bond donors (Lipinski definition) is 3. The number of aromatic hydroxyl groups is 1. The van der Waals surface area contributed by atoms with E-state index < -0.39 is 0 Å². The predicted octanol–water partition coefficient (Wildman–Crippen LogP) is 2.08. The average molecular weight is 249 g/mol. The fourth-order valence-corrected chi connectivity index (χ4v) is 1.49. The number of hydrogen-bond acceptors (Lipinski definition) is 3. The van der Waals surface area contributed by atoms with E-state index in [4.69, 9.17) is 11.5 Å². The van der Waals surface area contributed by atoms with Gasteiger partial charge in [0.1, 0.15) is 11.6 Å². The SMILES string of the molecule is Cl.NCCCC[C@@H](N)c1cc(F)ccc1O. The van der Waals surface area contributed by atoms with Gasteiger partial charge in [0.25, 0.3) is 0 Å². The van der Waals surface area contributed by atoms with Gasteiger partial charge in [-0.25, -0.2) is 4.39 Å². The maximum atomic E-state index is 12.9. The van der Waals surface area contributed by atoms with Gasteiger partial charge in [-0.1, -0.05) is 6.42 Å². The van der Waals surface area contributed by atoms with E-state index in [9.17, 15) is 9.50 Å². The zero-order valence-electron chi connectivity index (χ0n) is 9.03. The molecule has 3 nitrogen and oxygen atoms in total. The van der Waals surface area contributed by atoms with Gasteiger partial charge >= 0.3 is 0 Å². The highest BCUT2D eigenvalue weighted by molar-refractivity contribution is 5.85. The van der Waals surface area contributed by atoms with Crippen LogP contribution in [0.1, 0.15) is 30.9 Å². The average Bonchev–Trinajstić information content (AvgIpc) is 2.22. The summed E-state index contributed by atoms with van der Waals surface area (Å²) in [6.45, 7) is 0.627. The van der Waals surface area contributed by atoms with E-state index in [2.05, 4.69) is 0 Å². The van der Waals surface area contributed by atoms with Crippen LogP contribution >= 0.6 is 12.4 Å². The Labute approximate surface area is 101 Å². The molecule has 5 N–H and O–H groups in total. The molecule has 0 heterocycles. The van der Waals surface area contributed by atoms with Crippen molar-refractivity contribution in [3.05, 3.63) is 29.6 Å². The second kappa shape index (κ2) is 7.44. The van der Waals surface area contributed by atoms with Crippen molar-refractivity contribution in [3.63, 3.8) is 0 Å². The first-order chi connectivity index (χ1) is 7.15. The molecule has 0 bridgehead atoms. The van der Waals surface area contributed by atoms with Crippen LogP contribution in [0.4, 0.5) is 4.39 Å². The van der Waals surface area contributed by atoms with Crippen molar-refractivity contribution in [1.29, 1.82) is 0 Å². The maximum Gasteiger partial charge on any atom is 0.123 e. The molecule has 0 aromatic heterocycles. The Kier molecular flexibility index (Phi) is 7.05. The Morgan fingerprint density at radius 2 is 2.00 bits per heavy atom. The second-order valence-corrected chi connectivity index (χ2v) is 3.59. The zero-order chi connectivity index (χ0) is 11.3. The molecule has 16 heavy (non-hydrogen) atoms.